The van der Waals surface area contributed by atoms with Gasteiger partial charge in [0.25, 0.3) is 0 Å². The lowest BCUT2D eigenvalue weighted by molar-refractivity contribution is 0.112. The fourth-order valence-electron chi connectivity index (χ4n) is 1.54. The Morgan fingerprint density at radius 1 is 1.12 bits per heavy atom. The van der Waals surface area contributed by atoms with Crippen LogP contribution in [0.2, 0.25) is 0 Å². The molecule has 0 bridgehead atoms. The van der Waals surface area contributed by atoms with Crippen molar-refractivity contribution >= 4 is 22.2 Å². The number of phenolic OH excluding ortho intramolecular Hbond substituents is 1. The Bertz CT molecular complexity index is 535. The largest absolute Gasteiger partial charge is 0.508 e. The maximum atomic E-state index is 10.8. The van der Waals surface area contributed by atoms with Crippen LogP contribution in [0.3, 0.4) is 0 Å². The third-order valence-electron chi connectivity index (χ3n) is 2.31. The van der Waals surface area contributed by atoms with Gasteiger partial charge in [-0.15, -0.1) is 0 Å². The van der Waals surface area contributed by atoms with Gasteiger partial charge in [-0.2, -0.15) is 0 Å². The molecule has 0 aliphatic heterocycles. The number of phenols is 1. The van der Waals surface area contributed by atoms with Crippen LogP contribution in [-0.4, -0.2) is 11.4 Å². The molecule has 0 aliphatic carbocycles. The van der Waals surface area contributed by atoms with E-state index in [1.165, 1.54) is 0 Å². The quantitative estimate of drug-likeness (QED) is 0.851. The van der Waals surface area contributed by atoms with Gasteiger partial charge in [0.15, 0.2) is 6.29 Å². The number of carbonyl (C=O) groups excluding carboxylic acids is 1. The van der Waals surface area contributed by atoms with Gasteiger partial charge in [-0.3, -0.25) is 4.79 Å². The molecule has 16 heavy (non-hydrogen) atoms. The first-order valence-electron chi connectivity index (χ1n) is 4.75. The maximum absolute atomic E-state index is 10.8. The average Bonchev–Trinajstić information content (AvgIpc) is 2.29. The summed E-state index contributed by atoms with van der Waals surface area (Å²) in [5, 5.41) is 9.41. The van der Waals surface area contributed by atoms with E-state index in [4.69, 9.17) is 0 Å². The molecule has 0 aromatic heterocycles. The van der Waals surface area contributed by atoms with Crippen molar-refractivity contribution in [3.63, 3.8) is 0 Å². The number of carbonyl (C=O) groups is 1. The second-order valence-corrected chi connectivity index (χ2v) is 4.17. The van der Waals surface area contributed by atoms with Crippen LogP contribution in [-0.2, 0) is 0 Å². The number of hydrogen-bond acceptors (Lipinski definition) is 2. The fraction of sp³-hybridized carbons (Fsp3) is 0. The Morgan fingerprint density at radius 3 is 2.56 bits per heavy atom. The SMILES string of the molecule is O=Cc1cccc(-c2cccc(O)c2)c1Br. The van der Waals surface area contributed by atoms with Crippen molar-refractivity contribution in [2.24, 2.45) is 0 Å². The molecule has 2 nitrogen and oxygen atoms in total. The van der Waals surface area contributed by atoms with Crippen molar-refractivity contribution in [3.8, 4) is 16.9 Å². The number of aldehydes is 1. The molecular weight excluding hydrogens is 268 g/mol. The summed E-state index contributed by atoms with van der Waals surface area (Å²) < 4.78 is 0.746. The molecule has 1 N–H and O–H groups in total. The summed E-state index contributed by atoms with van der Waals surface area (Å²) in [6.45, 7) is 0. The molecule has 0 saturated heterocycles. The van der Waals surface area contributed by atoms with Crippen LogP contribution < -0.4 is 0 Å². The summed E-state index contributed by atoms with van der Waals surface area (Å²) in [7, 11) is 0. The molecule has 0 aliphatic rings. The Labute approximate surface area is 102 Å². The highest BCUT2D eigenvalue weighted by Crippen LogP contribution is 2.31. The monoisotopic (exact) mass is 276 g/mol. The van der Waals surface area contributed by atoms with Crippen LogP contribution in [0.5, 0.6) is 5.75 Å². The molecule has 2 aromatic rings. The van der Waals surface area contributed by atoms with Crippen LogP contribution in [0.1, 0.15) is 10.4 Å². The van der Waals surface area contributed by atoms with E-state index in [1.807, 2.05) is 18.2 Å². The molecule has 3 heteroatoms. The van der Waals surface area contributed by atoms with E-state index < -0.39 is 0 Å². The number of hydrogen-bond donors (Lipinski definition) is 1. The molecule has 0 spiro atoms. The molecule has 80 valence electrons. The van der Waals surface area contributed by atoms with Gasteiger partial charge < -0.3 is 5.11 Å². The third-order valence-corrected chi connectivity index (χ3v) is 3.20. The molecular formula is C13H9BrO2. The molecule has 0 unspecified atom stereocenters. The smallest absolute Gasteiger partial charge is 0.151 e. The van der Waals surface area contributed by atoms with Gasteiger partial charge in [-0.25, -0.2) is 0 Å². The van der Waals surface area contributed by atoms with Crippen LogP contribution in [0.15, 0.2) is 46.9 Å². The van der Waals surface area contributed by atoms with E-state index in [-0.39, 0.29) is 5.75 Å². The third kappa shape index (κ3) is 1.99. The zero-order chi connectivity index (χ0) is 11.5. The normalized spacial score (nSPS) is 10.1. The Balaban J connectivity index is 2.60. The summed E-state index contributed by atoms with van der Waals surface area (Å²) in [5.74, 6) is 0.209. The summed E-state index contributed by atoms with van der Waals surface area (Å²) in [6, 6.07) is 12.4. The predicted octanol–water partition coefficient (Wildman–Crippen LogP) is 3.63. The minimum atomic E-state index is 0.209. The number of halogens is 1. The Kier molecular flexibility index (Phi) is 3.06. The summed E-state index contributed by atoms with van der Waals surface area (Å²) >= 11 is 3.39. The lowest BCUT2D eigenvalue weighted by Gasteiger charge is -2.06. The van der Waals surface area contributed by atoms with Crippen LogP contribution in [0.25, 0.3) is 11.1 Å². The zero-order valence-electron chi connectivity index (χ0n) is 8.35. The first-order chi connectivity index (χ1) is 7.72. The molecule has 0 saturated carbocycles. The van der Waals surface area contributed by atoms with Crippen molar-refractivity contribution in [1.29, 1.82) is 0 Å². The van der Waals surface area contributed by atoms with E-state index in [0.717, 1.165) is 21.9 Å². The zero-order valence-corrected chi connectivity index (χ0v) is 9.94. The van der Waals surface area contributed by atoms with E-state index in [2.05, 4.69) is 15.9 Å². The van der Waals surface area contributed by atoms with Gasteiger partial charge in [0.05, 0.1) is 0 Å². The van der Waals surface area contributed by atoms with Gasteiger partial charge in [0.1, 0.15) is 5.75 Å². The van der Waals surface area contributed by atoms with Crippen molar-refractivity contribution in [2.75, 3.05) is 0 Å². The van der Waals surface area contributed by atoms with Gasteiger partial charge in [0, 0.05) is 10.0 Å². The standard InChI is InChI=1S/C13H9BrO2/c14-13-10(8-15)4-2-6-12(13)9-3-1-5-11(16)7-9/h1-8,16H. The summed E-state index contributed by atoms with van der Waals surface area (Å²) in [4.78, 5) is 10.8. The van der Waals surface area contributed by atoms with Gasteiger partial charge in [0.2, 0.25) is 0 Å². The van der Waals surface area contributed by atoms with E-state index in [0.29, 0.717) is 5.56 Å². The highest BCUT2D eigenvalue weighted by molar-refractivity contribution is 9.10. The molecule has 0 fully saturated rings. The molecule has 0 atom stereocenters. The average molecular weight is 277 g/mol. The van der Waals surface area contributed by atoms with E-state index in [1.54, 1.807) is 24.3 Å². The topological polar surface area (TPSA) is 37.3 Å². The Hall–Kier alpha value is -1.61. The highest BCUT2D eigenvalue weighted by atomic mass is 79.9. The van der Waals surface area contributed by atoms with Gasteiger partial charge >= 0.3 is 0 Å². The molecule has 0 heterocycles. The fourth-order valence-corrected chi connectivity index (χ4v) is 2.12. The summed E-state index contributed by atoms with van der Waals surface area (Å²) in [6.07, 6.45) is 0.802. The van der Waals surface area contributed by atoms with Crippen LogP contribution >= 0.6 is 15.9 Å². The second kappa shape index (κ2) is 4.49. The Morgan fingerprint density at radius 2 is 1.88 bits per heavy atom. The van der Waals surface area contributed by atoms with E-state index >= 15 is 0 Å². The predicted molar refractivity (Wildman–Crippen MR) is 66.6 cm³/mol. The van der Waals surface area contributed by atoms with E-state index in [9.17, 15) is 9.90 Å². The van der Waals surface area contributed by atoms with Crippen molar-refractivity contribution < 1.29 is 9.90 Å². The minimum Gasteiger partial charge on any atom is -0.508 e. The lowest BCUT2D eigenvalue weighted by Crippen LogP contribution is -1.86. The maximum Gasteiger partial charge on any atom is 0.151 e. The van der Waals surface area contributed by atoms with Crippen molar-refractivity contribution in [1.82, 2.24) is 0 Å². The minimum absolute atomic E-state index is 0.209. The number of benzene rings is 2. The molecule has 2 aromatic carbocycles. The van der Waals surface area contributed by atoms with Crippen LogP contribution in [0.4, 0.5) is 0 Å². The lowest BCUT2D eigenvalue weighted by atomic mass is 10.0. The highest BCUT2D eigenvalue weighted by Gasteiger charge is 2.07. The molecule has 2 rings (SSSR count). The number of rotatable bonds is 2. The molecule has 0 amide bonds. The first kappa shape index (κ1) is 10.9. The first-order valence-corrected chi connectivity index (χ1v) is 5.55. The number of aromatic hydroxyl groups is 1. The van der Waals surface area contributed by atoms with Crippen molar-refractivity contribution in [3.05, 3.63) is 52.5 Å². The van der Waals surface area contributed by atoms with Crippen molar-refractivity contribution in [2.45, 2.75) is 0 Å². The van der Waals surface area contributed by atoms with Gasteiger partial charge in [-0.1, -0.05) is 30.3 Å². The molecule has 0 radical (unpaired) electrons. The second-order valence-electron chi connectivity index (χ2n) is 3.38. The van der Waals surface area contributed by atoms with Crippen LogP contribution in [0, 0.1) is 0 Å². The van der Waals surface area contributed by atoms with Gasteiger partial charge in [-0.05, 0) is 39.2 Å². The summed E-state index contributed by atoms with van der Waals surface area (Å²) in [5.41, 5.74) is 2.36.